The lowest BCUT2D eigenvalue weighted by Gasteiger charge is -2.35. The Labute approximate surface area is 156 Å². The zero-order valence-electron chi connectivity index (χ0n) is 14.8. The van der Waals surface area contributed by atoms with E-state index in [1.807, 2.05) is 30.3 Å². The predicted octanol–water partition coefficient (Wildman–Crippen LogP) is 1.34. The Morgan fingerprint density at radius 2 is 1.93 bits per heavy atom. The summed E-state index contributed by atoms with van der Waals surface area (Å²) in [6, 6.07) is 7.93. The SMILES string of the molecule is O=C1CCC(N2CC[C@H](NC(=O)OCc3ccccc3)C2=O)C(C(=O)O)C1. The van der Waals surface area contributed by atoms with Crippen LogP contribution in [0.4, 0.5) is 4.79 Å². The molecule has 1 aliphatic carbocycles. The lowest BCUT2D eigenvalue weighted by Crippen LogP contribution is -2.50. The fourth-order valence-corrected chi connectivity index (χ4v) is 3.69. The molecule has 1 saturated carbocycles. The molecule has 3 rings (SSSR count). The zero-order chi connectivity index (χ0) is 19.4. The van der Waals surface area contributed by atoms with E-state index in [0.717, 1.165) is 5.56 Å². The van der Waals surface area contributed by atoms with Crippen LogP contribution in [-0.2, 0) is 25.7 Å². The van der Waals surface area contributed by atoms with E-state index >= 15 is 0 Å². The highest BCUT2D eigenvalue weighted by Gasteiger charge is 2.44. The van der Waals surface area contributed by atoms with Crippen LogP contribution in [0.2, 0.25) is 0 Å². The first-order valence-corrected chi connectivity index (χ1v) is 8.98. The molecule has 1 aromatic rings. The fourth-order valence-electron chi connectivity index (χ4n) is 3.69. The first kappa shape index (κ1) is 18.9. The molecule has 2 fully saturated rings. The maximum Gasteiger partial charge on any atom is 0.408 e. The minimum atomic E-state index is -1.07. The number of hydrogen-bond acceptors (Lipinski definition) is 5. The van der Waals surface area contributed by atoms with Crippen molar-refractivity contribution in [2.24, 2.45) is 5.92 Å². The Hall–Kier alpha value is -2.90. The molecular formula is C19H22N2O6. The van der Waals surface area contributed by atoms with Gasteiger partial charge in [-0.3, -0.25) is 14.4 Å². The molecule has 1 saturated heterocycles. The molecule has 8 heteroatoms. The predicted molar refractivity (Wildman–Crippen MR) is 93.7 cm³/mol. The maximum atomic E-state index is 12.6. The normalized spacial score (nSPS) is 25.3. The van der Waals surface area contributed by atoms with Crippen LogP contribution in [0.3, 0.4) is 0 Å². The molecule has 144 valence electrons. The first-order chi connectivity index (χ1) is 13.0. The third kappa shape index (κ3) is 4.45. The van der Waals surface area contributed by atoms with Crippen LogP contribution < -0.4 is 5.32 Å². The number of ether oxygens (including phenoxy) is 1. The second-order valence-electron chi connectivity index (χ2n) is 6.87. The topological polar surface area (TPSA) is 113 Å². The number of nitrogens with one attached hydrogen (secondary N) is 1. The molecule has 27 heavy (non-hydrogen) atoms. The van der Waals surface area contributed by atoms with E-state index in [2.05, 4.69) is 5.32 Å². The number of likely N-dealkylation sites (tertiary alicyclic amines) is 1. The Morgan fingerprint density at radius 3 is 2.63 bits per heavy atom. The summed E-state index contributed by atoms with van der Waals surface area (Å²) in [5.74, 6) is -2.37. The van der Waals surface area contributed by atoms with Crippen molar-refractivity contribution in [2.75, 3.05) is 6.54 Å². The Balaban J connectivity index is 1.55. The largest absolute Gasteiger partial charge is 0.481 e. The van der Waals surface area contributed by atoms with Gasteiger partial charge in [-0.25, -0.2) is 4.79 Å². The molecule has 0 bridgehead atoms. The van der Waals surface area contributed by atoms with Gasteiger partial charge >= 0.3 is 12.1 Å². The third-order valence-electron chi connectivity index (χ3n) is 5.09. The molecule has 3 atom stereocenters. The highest BCUT2D eigenvalue weighted by molar-refractivity contribution is 5.90. The number of carboxylic acid groups (broad SMARTS) is 1. The molecule has 8 nitrogen and oxygen atoms in total. The van der Waals surface area contributed by atoms with Crippen LogP contribution >= 0.6 is 0 Å². The summed E-state index contributed by atoms with van der Waals surface area (Å²) in [6.45, 7) is 0.453. The summed E-state index contributed by atoms with van der Waals surface area (Å²) in [6.07, 6.45) is 0.256. The van der Waals surface area contributed by atoms with Gasteiger partial charge in [-0.05, 0) is 18.4 Å². The van der Waals surface area contributed by atoms with Crippen molar-refractivity contribution >= 4 is 23.8 Å². The van der Waals surface area contributed by atoms with Crippen LogP contribution in [0.5, 0.6) is 0 Å². The summed E-state index contributed by atoms with van der Waals surface area (Å²) < 4.78 is 5.13. The lowest BCUT2D eigenvalue weighted by molar-refractivity contribution is -0.150. The van der Waals surface area contributed by atoms with Gasteiger partial charge in [0.2, 0.25) is 5.91 Å². The van der Waals surface area contributed by atoms with Gasteiger partial charge in [0.15, 0.2) is 0 Å². The summed E-state index contributed by atoms with van der Waals surface area (Å²) in [5.41, 5.74) is 0.836. The summed E-state index contributed by atoms with van der Waals surface area (Å²) in [7, 11) is 0. The molecule has 2 N–H and O–H groups in total. The molecule has 2 aliphatic rings. The molecule has 2 amide bonds. The average Bonchev–Trinajstić information content (AvgIpc) is 3.01. The molecule has 1 heterocycles. The lowest BCUT2D eigenvalue weighted by atomic mass is 9.83. The number of carbonyl (C=O) groups is 4. The highest BCUT2D eigenvalue weighted by atomic mass is 16.5. The van der Waals surface area contributed by atoms with Crippen LogP contribution in [0, 0.1) is 5.92 Å². The van der Waals surface area contributed by atoms with Crippen molar-refractivity contribution in [1.29, 1.82) is 0 Å². The molecule has 1 aromatic carbocycles. The first-order valence-electron chi connectivity index (χ1n) is 8.98. The van der Waals surface area contributed by atoms with Crippen molar-refractivity contribution in [2.45, 2.75) is 44.4 Å². The summed E-state index contributed by atoms with van der Waals surface area (Å²) in [5, 5.41) is 11.9. The van der Waals surface area contributed by atoms with Gasteiger partial charge in [0, 0.05) is 25.4 Å². The van der Waals surface area contributed by atoms with Crippen LogP contribution in [0.15, 0.2) is 30.3 Å². The summed E-state index contributed by atoms with van der Waals surface area (Å²) in [4.78, 5) is 49.2. The number of rotatable bonds is 5. The molecule has 0 aromatic heterocycles. The molecule has 0 radical (unpaired) electrons. The number of Topliss-reactive ketones (excluding diaryl/α,β-unsaturated/α-hetero) is 1. The van der Waals surface area contributed by atoms with Gasteiger partial charge < -0.3 is 20.1 Å². The van der Waals surface area contributed by atoms with Crippen LogP contribution in [0.1, 0.15) is 31.2 Å². The second-order valence-corrected chi connectivity index (χ2v) is 6.87. The molecule has 1 aliphatic heterocycles. The number of aliphatic carboxylic acids is 1. The van der Waals surface area contributed by atoms with Crippen LogP contribution in [-0.4, -0.2) is 52.4 Å². The summed E-state index contributed by atoms with van der Waals surface area (Å²) >= 11 is 0. The number of benzene rings is 1. The smallest absolute Gasteiger partial charge is 0.408 e. The number of carbonyl (C=O) groups excluding carboxylic acids is 3. The standard InChI is InChI=1S/C19H22N2O6/c22-13-6-7-16(14(10-13)18(24)25)21-9-8-15(17(21)23)20-19(26)27-11-12-4-2-1-3-5-12/h1-5,14-16H,6-11H2,(H,20,26)(H,24,25)/t14?,15-,16?/m0/s1. The highest BCUT2D eigenvalue weighted by Crippen LogP contribution is 2.30. The molecule has 2 unspecified atom stereocenters. The number of nitrogens with zero attached hydrogens (tertiary/aromatic N) is 1. The Bertz CT molecular complexity index is 735. The fraction of sp³-hybridized carbons (Fsp3) is 0.474. The van der Waals surface area contributed by atoms with E-state index < -0.39 is 30.1 Å². The van der Waals surface area contributed by atoms with Gasteiger partial charge in [0.25, 0.3) is 0 Å². The van der Waals surface area contributed by atoms with Crippen molar-refractivity contribution in [1.82, 2.24) is 10.2 Å². The molecular weight excluding hydrogens is 352 g/mol. The number of carboxylic acids is 1. The number of alkyl carbamates (subject to hydrolysis) is 1. The minimum Gasteiger partial charge on any atom is -0.481 e. The van der Waals surface area contributed by atoms with Gasteiger partial charge in [-0.15, -0.1) is 0 Å². The minimum absolute atomic E-state index is 0.0546. The maximum absolute atomic E-state index is 12.6. The van der Waals surface area contributed by atoms with E-state index in [1.165, 1.54) is 4.90 Å². The number of hydrogen-bond donors (Lipinski definition) is 2. The molecule has 0 spiro atoms. The van der Waals surface area contributed by atoms with E-state index in [9.17, 15) is 24.3 Å². The van der Waals surface area contributed by atoms with Gasteiger partial charge in [0.1, 0.15) is 18.4 Å². The van der Waals surface area contributed by atoms with E-state index in [4.69, 9.17) is 4.74 Å². The number of amides is 2. The number of ketones is 1. The van der Waals surface area contributed by atoms with Crippen molar-refractivity contribution in [3.8, 4) is 0 Å². The van der Waals surface area contributed by atoms with E-state index in [1.54, 1.807) is 0 Å². The van der Waals surface area contributed by atoms with Gasteiger partial charge in [-0.2, -0.15) is 0 Å². The van der Waals surface area contributed by atoms with E-state index in [0.29, 0.717) is 19.4 Å². The van der Waals surface area contributed by atoms with Gasteiger partial charge in [-0.1, -0.05) is 30.3 Å². The quantitative estimate of drug-likeness (QED) is 0.804. The second kappa shape index (κ2) is 8.20. The van der Waals surface area contributed by atoms with E-state index in [-0.39, 0.29) is 31.1 Å². The monoisotopic (exact) mass is 374 g/mol. The van der Waals surface area contributed by atoms with Crippen LogP contribution in [0.25, 0.3) is 0 Å². The van der Waals surface area contributed by atoms with Crippen molar-refractivity contribution < 1.29 is 29.0 Å². The Morgan fingerprint density at radius 1 is 1.19 bits per heavy atom. The third-order valence-corrected chi connectivity index (χ3v) is 5.09. The van der Waals surface area contributed by atoms with Crippen molar-refractivity contribution in [3.63, 3.8) is 0 Å². The Kier molecular flexibility index (Phi) is 5.73. The zero-order valence-corrected chi connectivity index (χ0v) is 14.8. The van der Waals surface area contributed by atoms with Gasteiger partial charge in [0.05, 0.1) is 5.92 Å². The average molecular weight is 374 g/mol. The van der Waals surface area contributed by atoms with Crippen molar-refractivity contribution in [3.05, 3.63) is 35.9 Å².